The number of esters is 1. The Hall–Kier alpha value is -1.39. The summed E-state index contributed by atoms with van der Waals surface area (Å²) in [4.78, 5) is 12.3. The number of hydrogen-bond donors (Lipinski definition) is 0. The molecule has 1 aliphatic heterocycles. The molecule has 1 heterocycles. The maximum atomic E-state index is 12.3. The van der Waals surface area contributed by atoms with E-state index in [2.05, 4.69) is 12.1 Å². The van der Waals surface area contributed by atoms with E-state index in [-0.39, 0.29) is 18.2 Å². The molecule has 3 rings (SSSR count). The van der Waals surface area contributed by atoms with E-state index in [1.54, 1.807) is 0 Å². The standard InChI is InChI=1S/C19H26O4/c1-2-22-17-12-21-13-18(17)23-19(20)16-10-8-15(9-11-16)14-6-4-3-5-7-14/h8-11,14,17-18H,2-7,12-13H2,1H3. The zero-order valence-electron chi connectivity index (χ0n) is 13.8. The van der Waals surface area contributed by atoms with Crippen LogP contribution in [0.25, 0.3) is 0 Å². The van der Waals surface area contributed by atoms with Gasteiger partial charge in [-0.2, -0.15) is 0 Å². The van der Waals surface area contributed by atoms with E-state index in [1.807, 2.05) is 19.1 Å². The fraction of sp³-hybridized carbons (Fsp3) is 0.632. The fourth-order valence-electron chi connectivity index (χ4n) is 3.53. The number of carbonyl (C=O) groups excluding carboxylic acids is 1. The van der Waals surface area contributed by atoms with Gasteiger partial charge in [-0.25, -0.2) is 4.79 Å². The highest BCUT2D eigenvalue weighted by Crippen LogP contribution is 2.32. The molecule has 0 N–H and O–H groups in total. The molecule has 126 valence electrons. The third kappa shape index (κ3) is 4.12. The maximum absolute atomic E-state index is 12.3. The van der Waals surface area contributed by atoms with Crippen LogP contribution in [0.3, 0.4) is 0 Å². The molecule has 0 bridgehead atoms. The Bertz CT molecular complexity index is 505. The minimum absolute atomic E-state index is 0.148. The zero-order chi connectivity index (χ0) is 16.1. The maximum Gasteiger partial charge on any atom is 0.338 e. The van der Waals surface area contributed by atoms with Crippen molar-refractivity contribution in [3.8, 4) is 0 Å². The molecule has 1 saturated heterocycles. The van der Waals surface area contributed by atoms with Gasteiger partial charge in [0, 0.05) is 6.61 Å². The van der Waals surface area contributed by atoms with Crippen LogP contribution in [0.1, 0.15) is 60.9 Å². The summed E-state index contributed by atoms with van der Waals surface area (Å²) in [5.74, 6) is 0.361. The van der Waals surface area contributed by atoms with Crippen LogP contribution in [-0.2, 0) is 14.2 Å². The zero-order valence-corrected chi connectivity index (χ0v) is 13.8. The lowest BCUT2D eigenvalue weighted by atomic mass is 9.84. The van der Waals surface area contributed by atoms with Crippen LogP contribution in [0, 0.1) is 0 Å². The third-order valence-corrected chi connectivity index (χ3v) is 4.84. The molecule has 2 fully saturated rings. The van der Waals surface area contributed by atoms with Crippen molar-refractivity contribution in [2.75, 3.05) is 19.8 Å². The number of benzene rings is 1. The van der Waals surface area contributed by atoms with Crippen LogP contribution >= 0.6 is 0 Å². The molecule has 1 aromatic carbocycles. The first kappa shape index (κ1) is 16.5. The Morgan fingerprint density at radius 1 is 1.09 bits per heavy atom. The van der Waals surface area contributed by atoms with E-state index in [4.69, 9.17) is 14.2 Å². The normalized spacial score (nSPS) is 25.4. The van der Waals surface area contributed by atoms with Gasteiger partial charge in [0.25, 0.3) is 0 Å². The summed E-state index contributed by atoms with van der Waals surface area (Å²) >= 11 is 0. The van der Waals surface area contributed by atoms with Crippen LogP contribution in [0.2, 0.25) is 0 Å². The molecule has 0 aromatic heterocycles. The van der Waals surface area contributed by atoms with Gasteiger partial charge in [0.1, 0.15) is 6.10 Å². The van der Waals surface area contributed by atoms with Crippen molar-refractivity contribution in [2.24, 2.45) is 0 Å². The topological polar surface area (TPSA) is 44.8 Å². The summed E-state index contributed by atoms with van der Waals surface area (Å²) in [6.07, 6.45) is 6.05. The van der Waals surface area contributed by atoms with Crippen LogP contribution < -0.4 is 0 Å². The van der Waals surface area contributed by atoms with E-state index in [0.29, 0.717) is 31.3 Å². The summed E-state index contributed by atoms with van der Waals surface area (Å²) < 4.78 is 16.5. The molecule has 2 atom stereocenters. The van der Waals surface area contributed by atoms with E-state index < -0.39 is 0 Å². The molecule has 1 saturated carbocycles. The van der Waals surface area contributed by atoms with Crippen molar-refractivity contribution in [2.45, 2.75) is 57.2 Å². The highest BCUT2D eigenvalue weighted by molar-refractivity contribution is 5.89. The van der Waals surface area contributed by atoms with E-state index in [1.165, 1.54) is 37.7 Å². The quantitative estimate of drug-likeness (QED) is 0.777. The fourth-order valence-corrected chi connectivity index (χ4v) is 3.53. The Balaban J connectivity index is 1.59. The van der Waals surface area contributed by atoms with Crippen molar-refractivity contribution in [1.29, 1.82) is 0 Å². The number of rotatable bonds is 5. The van der Waals surface area contributed by atoms with Gasteiger partial charge in [-0.1, -0.05) is 31.4 Å². The molecule has 0 spiro atoms. The second-order valence-electron chi connectivity index (χ2n) is 6.43. The van der Waals surface area contributed by atoms with Crippen molar-refractivity contribution in [1.82, 2.24) is 0 Å². The second-order valence-corrected chi connectivity index (χ2v) is 6.43. The highest BCUT2D eigenvalue weighted by atomic mass is 16.6. The number of hydrogen-bond acceptors (Lipinski definition) is 4. The van der Waals surface area contributed by atoms with Gasteiger partial charge < -0.3 is 14.2 Å². The Labute approximate surface area is 138 Å². The van der Waals surface area contributed by atoms with E-state index in [9.17, 15) is 4.79 Å². The minimum Gasteiger partial charge on any atom is -0.453 e. The van der Waals surface area contributed by atoms with Crippen molar-refractivity contribution >= 4 is 5.97 Å². The van der Waals surface area contributed by atoms with Gasteiger partial charge in [-0.05, 0) is 43.4 Å². The minimum atomic E-state index is -0.305. The molecule has 1 aliphatic carbocycles. The smallest absolute Gasteiger partial charge is 0.338 e. The van der Waals surface area contributed by atoms with Gasteiger partial charge >= 0.3 is 5.97 Å². The molecule has 4 heteroatoms. The van der Waals surface area contributed by atoms with Crippen LogP contribution in [0.15, 0.2) is 24.3 Å². The Morgan fingerprint density at radius 3 is 2.48 bits per heavy atom. The van der Waals surface area contributed by atoms with Crippen molar-refractivity contribution in [3.05, 3.63) is 35.4 Å². The lowest BCUT2D eigenvalue weighted by Gasteiger charge is -2.22. The largest absolute Gasteiger partial charge is 0.453 e. The predicted octanol–water partition coefficient (Wildman–Crippen LogP) is 3.70. The predicted molar refractivity (Wildman–Crippen MR) is 87.7 cm³/mol. The second kappa shape index (κ2) is 7.93. The lowest BCUT2D eigenvalue weighted by Crippen LogP contribution is -2.32. The van der Waals surface area contributed by atoms with Gasteiger partial charge in [0.15, 0.2) is 6.10 Å². The average molecular weight is 318 g/mol. The first-order chi connectivity index (χ1) is 11.3. The summed E-state index contributed by atoms with van der Waals surface area (Å²) in [5.41, 5.74) is 1.95. The first-order valence-electron chi connectivity index (χ1n) is 8.78. The number of carbonyl (C=O) groups is 1. The molecule has 1 aromatic rings. The SMILES string of the molecule is CCOC1COCC1OC(=O)c1ccc(C2CCCCC2)cc1. The Morgan fingerprint density at radius 2 is 1.78 bits per heavy atom. The number of ether oxygens (including phenoxy) is 3. The lowest BCUT2D eigenvalue weighted by molar-refractivity contribution is -0.0261. The van der Waals surface area contributed by atoms with Gasteiger partial charge in [-0.3, -0.25) is 0 Å². The highest BCUT2D eigenvalue weighted by Gasteiger charge is 2.32. The van der Waals surface area contributed by atoms with E-state index >= 15 is 0 Å². The molecule has 23 heavy (non-hydrogen) atoms. The summed E-state index contributed by atoms with van der Waals surface area (Å²) in [7, 11) is 0. The molecule has 2 aliphatic rings. The summed E-state index contributed by atoms with van der Waals surface area (Å²) in [6, 6.07) is 7.94. The Kier molecular flexibility index (Phi) is 5.68. The van der Waals surface area contributed by atoms with Gasteiger partial charge in [-0.15, -0.1) is 0 Å². The molecule has 0 radical (unpaired) electrons. The molecule has 2 unspecified atom stereocenters. The monoisotopic (exact) mass is 318 g/mol. The first-order valence-corrected chi connectivity index (χ1v) is 8.78. The van der Waals surface area contributed by atoms with E-state index in [0.717, 1.165) is 0 Å². The van der Waals surface area contributed by atoms with Crippen LogP contribution in [0.4, 0.5) is 0 Å². The van der Waals surface area contributed by atoms with Crippen molar-refractivity contribution in [3.63, 3.8) is 0 Å². The average Bonchev–Trinajstić information content (AvgIpc) is 3.03. The van der Waals surface area contributed by atoms with Gasteiger partial charge in [0.05, 0.1) is 18.8 Å². The molecule has 4 nitrogen and oxygen atoms in total. The molecular formula is C19H26O4. The summed E-state index contributed by atoms with van der Waals surface area (Å²) in [6.45, 7) is 3.43. The third-order valence-electron chi connectivity index (χ3n) is 4.84. The van der Waals surface area contributed by atoms with Crippen molar-refractivity contribution < 1.29 is 19.0 Å². The van der Waals surface area contributed by atoms with Gasteiger partial charge in [0.2, 0.25) is 0 Å². The van der Waals surface area contributed by atoms with Crippen LogP contribution in [-0.4, -0.2) is 38.0 Å². The van der Waals surface area contributed by atoms with Crippen LogP contribution in [0.5, 0.6) is 0 Å². The summed E-state index contributed by atoms with van der Waals surface area (Å²) in [5, 5.41) is 0. The molecule has 0 amide bonds. The molecular weight excluding hydrogens is 292 g/mol.